The van der Waals surface area contributed by atoms with Gasteiger partial charge >= 0.3 is 5.97 Å². The van der Waals surface area contributed by atoms with E-state index in [1.165, 1.54) is 12.5 Å². The minimum Gasteiger partial charge on any atom is -0.504 e. The number of phenolic OH excluding ortho intramolecular Hbond substituents is 1. The summed E-state index contributed by atoms with van der Waals surface area (Å²) in [5, 5.41) is 10.6. The highest BCUT2D eigenvalue weighted by Crippen LogP contribution is 2.49. The zero-order chi connectivity index (χ0) is 25.7. The van der Waals surface area contributed by atoms with E-state index in [0.29, 0.717) is 18.7 Å². The number of methoxy groups -OCH3 is 1. The van der Waals surface area contributed by atoms with E-state index in [9.17, 15) is 14.7 Å². The molecule has 2 aliphatic heterocycles. The van der Waals surface area contributed by atoms with E-state index >= 15 is 0 Å². The van der Waals surface area contributed by atoms with E-state index in [1.54, 1.807) is 13.2 Å². The maximum Gasteiger partial charge on any atom is 0.302 e. The summed E-state index contributed by atoms with van der Waals surface area (Å²) in [5.41, 5.74) is 3.39. The van der Waals surface area contributed by atoms with Gasteiger partial charge in [-0.15, -0.1) is 0 Å². The van der Waals surface area contributed by atoms with Crippen molar-refractivity contribution in [2.75, 3.05) is 19.4 Å². The van der Waals surface area contributed by atoms with Gasteiger partial charge in [0.25, 0.3) is 0 Å². The molecular formula is C28H37NO5S2. The fraction of sp³-hybridized carbons (Fsp3) is 0.607. The number of ether oxygens (including phenoxy) is 2. The molecule has 6 nitrogen and oxygen atoms in total. The maximum atomic E-state index is 13.6. The van der Waals surface area contributed by atoms with Crippen molar-refractivity contribution in [2.24, 2.45) is 16.8 Å². The predicted octanol–water partition coefficient (Wildman–Crippen LogP) is 5.91. The van der Waals surface area contributed by atoms with Crippen LogP contribution >= 0.6 is 21.6 Å². The topological polar surface area (TPSA) is 85.2 Å². The third-order valence-electron chi connectivity index (χ3n) is 7.61. The number of ketones is 1. The number of esters is 1. The SMILES string of the molecule is CCCC[C@@H]1[C@@H](OC(C)=O)CC(=O)C[C@@H]2c3cc(OC)c(O)cc3CC[C@H]2SSC[C@@H]1C1=CCN=C1. The average Bonchev–Trinajstić information content (AvgIpc) is 3.37. The van der Waals surface area contributed by atoms with Gasteiger partial charge in [-0.05, 0) is 48.1 Å². The Balaban J connectivity index is 1.69. The Labute approximate surface area is 222 Å². The molecule has 1 N–H and O–H groups in total. The van der Waals surface area contributed by atoms with E-state index < -0.39 is 6.10 Å². The maximum absolute atomic E-state index is 13.6. The lowest BCUT2D eigenvalue weighted by molar-refractivity contribution is -0.151. The molecular weight excluding hydrogens is 494 g/mol. The smallest absolute Gasteiger partial charge is 0.302 e. The van der Waals surface area contributed by atoms with Crippen molar-refractivity contribution in [1.29, 1.82) is 0 Å². The summed E-state index contributed by atoms with van der Waals surface area (Å²) >= 11 is 0. The van der Waals surface area contributed by atoms with Crippen molar-refractivity contribution < 1.29 is 24.2 Å². The van der Waals surface area contributed by atoms with E-state index in [-0.39, 0.29) is 46.9 Å². The molecule has 5 atom stereocenters. The number of fused-ring (bicyclic) bond motifs is 3. The second-order valence-electron chi connectivity index (χ2n) is 9.99. The van der Waals surface area contributed by atoms with Crippen LogP contribution in [0, 0.1) is 11.8 Å². The molecule has 36 heavy (non-hydrogen) atoms. The Hall–Kier alpha value is -1.93. The Morgan fingerprint density at radius 2 is 2.08 bits per heavy atom. The zero-order valence-electron chi connectivity index (χ0n) is 21.4. The first kappa shape index (κ1) is 27.1. The Morgan fingerprint density at radius 3 is 2.78 bits per heavy atom. The van der Waals surface area contributed by atoms with Crippen LogP contribution in [0.25, 0.3) is 0 Å². The van der Waals surface area contributed by atoms with E-state index in [0.717, 1.165) is 49.0 Å². The van der Waals surface area contributed by atoms with E-state index in [2.05, 4.69) is 18.0 Å². The number of carbonyl (C=O) groups excluding carboxylic acids is 2. The first-order valence-corrected chi connectivity index (χ1v) is 15.4. The third kappa shape index (κ3) is 6.31. The summed E-state index contributed by atoms with van der Waals surface area (Å²) in [6, 6.07) is 3.71. The van der Waals surface area contributed by atoms with Crippen molar-refractivity contribution >= 4 is 39.6 Å². The molecule has 0 bridgehead atoms. The lowest BCUT2D eigenvalue weighted by Crippen LogP contribution is -2.36. The molecule has 0 amide bonds. The summed E-state index contributed by atoms with van der Waals surface area (Å²) < 4.78 is 11.3. The van der Waals surface area contributed by atoms with Gasteiger partial charge < -0.3 is 14.6 Å². The number of aryl methyl sites for hydroxylation is 1. The molecule has 196 valence electrons. The third-order valence-corrected chi connectivity index (χ3v) is 10.6. The van der Waals surface area contributed by atoms with Gasteiger partial charge in [-0.1, -0.05) is 47.4 Å². The van der Waals surface area contributed by atoms with Crippen molar-refractivity contribution in [1.82, 2.24) is 0 Å². The van der Waals surface area contributed by atoms with Crippen LogP contribution in [0.4, 0.5) is 0 Å². The zero-order valence-corrected chi connectivity index (χ0v) is 23.0. The standard InChI is InChI=1S/C28H37NO5S2/c1-4-5-6-21-24(19-9-10-29-15-19)16-35-36-28-8-7-18-11-25(32)27(33-3)14-22(18)23(28)12-20(31)13-26(21)34-17(2)30/h9,11,14-15,21,23-24,26,28,32H,4-8,10,12-13,16H2,1-3H3/t21-,23+,24+,26-,28+/m0/s1. The molecule has 0 spiro atoms. The van der Waals surface area contributed by atoms with Crippen molar-refractivity contribution in [3.05, 3.63) is 34.9 Å². The van der Waals surface area contributed by atoms with Crippen LogP contribution in [0.5, 0.6) is 11.5 Å². The van der Waals surface area contributed by atoms with Crippen LogP contribution in [0.3, 0.4) is 0 Å². The molecule has 3 aliphatic rings. The molecule has 0 unspecified atom stereocenters. The minimum absolute atomic E-state index is 0.0316. The lowest BCUT2D eigenvalue weighted by Gasteiger charge is -2.33. The number of carbonyl (C=O) groups is 2. The number of nitrogens with zero attached hydrogens (tertiary/aromatic N) is 1. The monoisotopic (exact) mass is 531 g/mol. The van der Waals surface area contributed by atoms with Gasteiger partial charge in [0.15, 0.2) is 11.5 Å². The van der Waals surface area contributed by atoms with Gasteiger partial charge in [0, 0.05) is 54.7 Å². The molecule has 8 heteroatoms. The second kappa shape index (κ2) is 12.5. The largest absolute Gasteiger partial charge is 0.504 e. The summed E-state index contributed by atoms with van der Waals surface area (Å²) in [5.74, 6) is 1.55. The van der Waals surface area contributed by atoms with Crippen LogP contribution < -0.4 is 4.74 Å². The molecule has 0 aromatic heterocycles. The molecule has 1 aromatic carbocycles. The van der Waals surface area contributed by atoms with Crippen molar-refractivity contribution in [2.45, 2.75) is 76.1 Å². The molecule has 0 saturated carbocycles. The summed E-state index contributed by atoms with van der Waals surface area (Å²) in [6.45, 7) is 4.30. The fourth-order valence-electron chi connectivity index (χ4n) is 5.82. The average molecular weight is 532 g/mol. The number of rotatable bonds is 6. The van der Waals surface area contributed by atoms with E-state index in [1.807, 2.05) is 33.9 Å². The summed E-state index contributed by atoms with van der Waals surface area (Å²) in [7, 11) is 5.30. The van der Waals surface area contributed by atoms with Crippen LogP contribution in [-0.4, -0.2) is 53.8 Å². The highest BCUT2D eigenvalue weighted by atomic mass is 33.1. The quantitative estimate of drug-likeness (QED) is 0.361. The highest BCUT2D eigenvalue weighted by molar-refractivity contribution is 8.76. The highest BCUT2D eigenvalue weighted by Gasteiger charge is 2.39. The van der Waals surface area contributed by atoms with Crippen LogP contribution in [0.15, 0.2) is 28.8 Å². The van der Waals surface area contributed by atoms with Gasteiger partial charge in [0.2, 0.25) is 0 Å². The molecule has 4 rings (SSSR count). The first-order chi connectivity index (χ1) is 17.4. The Bertz CT molecular complexity index is 1020. The summed E-state index contributed by atoms with van der Waals surface area (Å²) in [4.78, 5) is 30.2. The number of aliphatic imine (C=N–C) groups is 1. The number of hydrogen-bond acceptors (Lipinski definition) is 8. The normalized spacial score (nSPS) is 28.5. The van der Waals surface area contributed by atoms with Crippen molar-refractivity contribution in [3.63, 3.8) is 0 Å². The van der Waals surface area contributed by atoms with Crippen molar-refractivity contribution in [3.8, 4) is 11.5 Å². The van der Waals surface area contributed by atoms with Crippen LogP contribution in [0.1, 0.15) is 69.4 Å². The number of phenols is 1. The Kier molecular flexibility index (Phi) is 9.45. The molecule has 0 radical (unpaired) electrons. The van der Waals surface area contributed by atoms with Gasteiger partial charge in [0.1, 0.15) is 11.9 Å². The number of aromatic hydroxyl groups is 1. The van der Waals surface area contributed by atoms with Crippen LogP contribution in [-0.2, 0) is 20.7 Å². The molecule has 1 aromatic rings. The fourth-order valence-corrected chi connectivity index (χ4v) is 9.15. The number of allylic oxidation sites excluding steroid dienone is 1. The van der Waals surface area contributed by atoms with Gasteiger partial charge in [0.05, 0.1) is 13.7 Å². The molecule has 1 aliphatic carbocycles. The summed E-state index contributed by atoms with van der Waals surface area (Å²) in [6.07, 6.45) is 9.15. The first-order valence-electron chi connectivity index (χ1n) is 13.0. The van der Waals surface area contributed by atoms with E-state index in [4.69, 9.17) is 9.47 Å². The van der Waals surface area contributed by atoms with Gasteiger partial charge in [-0.3, -0.25) is 14.6 Å². The Morgan fingerprint density at radius 1 is 1.25 bits per heavy atom. The number of benzene rings is 1. The second-order valence-corrected chi connectivity index (χ2v) is 12.6. The van der Waals surface area contributed by atoms with Crippen LogP contribution in [0.2, 0.25) is 0 Å². The minimum atomic E-state index is -0.444. The predicted molar refractivity (Wildman–Crippen MR) is 147 cm³/mol. The number of Topliss-reactive ketones (excluding diaryl/α,β-unsaturated/α-hetero) is 1. The number of unbranched alkanes of at least 4 members (excludes halogenated alkanes) is 1. The molecule has 1 saturated heterocycles. The van der Waals surface area contributed by atoms with Gasteiger partial charge in [-0.25, -0.2) is 0 Å². The van der Waals surface area contributed by atoms with Gasteiger partial charge in [-0.2, -0.15) is 0 Å². The lowest BCUT2D eigenvalue weighted by atomic mass is 9.76. The molecule has 1 fully saturated rings. The molecule has 2 heterocycles. The number of hydrogen-bond donors (Lipinski definition) is 1.